The summed E-state index contributed by atoms with van der Waals surface area (Å²) in [5.74, 6) is 0.651. The average Bonchev–Trinajstić information content (AvgIpc) is 2.55. The lowest BCUT2D eigenvalue weighted by Crippen LogP contribution is -2.13. The minimum Gasteiger partial charge on any atom is -0.370 e. The van der Waals surface area contributed by atoms with Crippen molar-refractivity contribution in [3.8, 4) is 0 Å². The van der Waals surface area contributed by atoms with Gasteiger partial charge in [-0.25, -0.2) is 4.98 Å². The molecule has 1 amide bonds. The van der Waals surface area contributed by atoms with E-state index in [0.717, 1.165) is 34.5 Å². The molecule has 1 heterocycles. The first-order valence-electron chi connectivity index (χ1n) is 7.87. The molecule has 0 aliphatic rings. The number of amides is 1. The van der Waals surface area contributed by atoms with Crippen LogP contribution >= 0.6 is 15.9 Å². The molecule has 0 bridgehead atoms. The average molecular weight is 376 g/mol. The summed E-state index contributed by atoms with van der Waals surface area (Å²) in [5.41, 5.74) is 2.36. The smallest absolute Gasteiger partial charge is 0.257 e. The molecule has 0 radical (unpaired) electrons. The fourth-order valence-corrected chi connectivity index (χ4v) is 2.66. The van der Waals surface area contributed by atoms with Crippen LogP contribution in [0.1, 0.15) is 42.1 Å². The Kier molecular flexibility index (Phi) is 6.59. The number of aryl methyl sites for hydroxylation is 1. The van der Waals surface area contributed by atoms with Gasteiger partial charge in [0.15, 0.2) is 0 Å². The number of aromatic nitrogens is 1. The van der Waals surface area contributed by atoms with Crippen LogP contribution in [0.4, 0.5) is 11.5 Å². The highest BCUT2D eigenvalue weighted by atomic mass is 79.9. The van der Waals surface area contributed by atoms with Crippen molar-refractivity contribution >= 4 is 33.3 Å². The number of halogens is 1. The molecule has 0 atom stereocenters. The van der Waals surface area contributed by atoms with Crippen molar-refractivity contribution in [2.24, 2.45) is 0 Å². The molecule has 122 valence electrons. The molecular formula is C18H22BrN3O. The second-order valence-electron chi connectivity index (χ2n) is 5.48. The van der Waals surface area contributed by atoms with E-state index in [0.29, 0.717) is 5.56 Å². The number of nitrogens with one attached hydrogen (secondary N) is 2. The second kappa shape index (κ2) is 8.67. The van der Waals surface area contributed by atoms with Gasteiger partial charge in [-0.15, -0.1) is 0 Å². The topological polar surface area (TPSA) is 54.0 Å². The summed E-state index contributed by atoms with van der Waals surface area (Å²) in [7, 11) is 0. The van der Waals surface area contributed by atoms with Crippen molar-refractivity contribution in [3.63, 3.8) is 0 Å². The number of hydrogen-bond acceptors (Lipinski definition) is 3. The molecule has 0 saturated heterocycles. The summed E-state index contributed by atoms with van der Waals surface area (Å²) in [4.78, 5) is 16.6. The molecule has 0 unspecified atom stereocenters. The first-order valence-corrected chi connectivity index (χ1v) is 8.67. The molecule has 0 aliphatic heterocycles. The lowest BCUT2D eigenvalue weighted by Gasteiger charge is -2.09. The maximum absolute atomic E-state index is 12.3. The van der Waals surface area contributed by atoms with E-state index < -0.39 is 0 Å². The van der Waals surface area contributed by atoms with Crippen LogP contribution in [0.2, 0.25) is 0 Å². The molecule has 23 heavy (non-hydrogen) atoms. The Morgan fingerprint density at radius 2 is 2.04 bits per heavy atom. The highest BCUT2D eigenvalue weighted by molar-refractivity contribution is 9.10. The van der Waals surface area contributed by atoms with Crippen molar-refractivity contribution < 1.29 is 4.79 Å². The van der Waals surface area contributed by atoms with Crippen LogP contribution in [0.25, 0.3) is 0 Å². The fraction of sp³-hybridized carbons (Fsp3) is 0.333. The van der Waals surface area contributed by atoms with Crippen LogP contribution in [0.3, 0.4) is 0 Å². The van der Waals surface area contributed by atoms with E-state index in [4.69, 9.17) is 0 Å². The molecule has 4 nitrogen and oxygen atoms in total. The molecule has 2 aromatic rings. The fourth-order valence-electron chi connectivity index (χ4n) is 2.19. The molecule has 1 aromatic heterocycles. The Labute approximate surface area is 145 Å². The van der Waals surface area contributed by atoms with E-state index in [1.807, 2.05) is 31.2 Å². The van der Waals surface area contributed by atoms with Gasteiger partial charge in [0.25, 0.3) is 5.91 Å². The van der Waals surface area contributed by atoms with Crippen molar-refractivity contribution in [3.05, 3.63) is 52.1 Å². The third-order valence-electron chi connectivity index (χ3n) is 3.55. The van der Waals surface area contributed by atoms with Crippen LogP contribution < -0.4 is 10.6 Å². The van der Waals surface area contributed by atoms with Gasteiger partial charge in [-0.05, 0) is 49.2 Å². The third kappa shape index (κ3) is 5.36. The van der Waals surface area contributed by atoms with E-state index in [1.165, 1.54) is 12.8 Å². The molecular weight excluding hydrogens is 354 g/mol. The predicted octanol–water partition coefficient (Wildman–Crippen LogP) is 5.01. The van der Waals surface area contributed by atoms with Crippen molar-refractivity contribution in [2.45, 2.75) is 33.1 Å². The largest absolute Gasteiger partial charge is 0.370 e. The quantitative estimate of drug-likeness (QED) is 0.668. The Morgan fingerprint density at radius 1 is 1.22 bits per heavy atom. The first-order chi connectivity index (χ1) is 11.1. The number of unbranched alkanes of at least 4 members (excludes halogenated alkanes) is 2. The minimum atomic E-state index is -0.152. The highest BCUT2D eigenvalue weighted by Gasteiger charge is 2.08. The Balaban J connectivity index is 1.94. The molecule has 0 spiro atoms. The van der Waals surface area contributed by atoms with Crippen molar-refractivity contribution in [2.75, 3.05) is 17.2 Å². The van der Waals surface area contributed by atoms with Gasteiger partial charge in [0.05, 0.1) is 5.56 Å². The summed E-state index contributed by atoms with van der Waals surface area (Å²) in [6.07, 6.45) is 5.14. The number of benzene rings is 1. The molecule has 2 N–H and O–H groups in total. The summed E-state index contributed by atoms with van der Waals surface area (Å²) in [6, 6.07) is 9.39. The SMILES string of the molecule is CCCCCNc1ccc(C(=O)Nc2ccc(Br)cc2C)cn1. The van der Waals surface area contributed by atoms with Crippen LogP contribution in [-0.4, -0.2) is 17.4 Å². The van der Waals surface area contributed by atoms with E-state index in [-0.39, 0.29) is 5.91 Å². The Bertz CT molecular complexity index is 656. The predicted molar refractivity (Wildman–Crippen MR) is 99.1 cm³/mol. The number of pyridine rings is 1. The van der Waals surface area contributed by atoms with Crippen LogP contribution in [0, 0.1) is 6.92 Å². The lowest BCUT2D eigenvalue weighted by molar-refractivity contribution is 0.102. The van der Waals surface area contributed by atoms with Gasteiger partial charge in [0.1, 0.15) is 5.82 Å². The summed E-state index contributed by atoms with van der Waals surface area (Å²) < 4.78 is 0.994. The highest BCUT2D eigenvalue weighted by Crippen LogP contribution is 2.20. The van der Waals surface area contributed by atoms with Gasteiger partial charge in [0.2, 0.25) is 0 Å². The van der Waals surface area contributed by atoms with Gasteiger partial charge < -0.3 is 10.6 Å². The monoisotopic (exact) mass is 375 g/mol. The van der Waals surface area contributed by atoms with Gasteiger partial charge in [0, 0.05) is 22.9 Å². The summed E-state index contributed by atoms with van der Waals surface area (Å²) in [5, 5.41) is 6.18. The number of carbonyl (C=O) groups is 1. The number of hydrogen-bond donors (Lipinski definition) is 2. The van der Waals surface area contributed by atoms with Gasteiger partial charge in [-0.1, -0.05) is 35.7 Å². The third-order valence-corrected chi connectivity index (χ3v) is 4.04. The number of nitrogens with zero attached hydrogens (tertiary/aromatic N) is 1. The van der Waals surface area contributed by atoms with E-state index in [1.54, 1.807) is 12.3 Å². The number of carbonyl (C=O) groups excluding carboxylic acids is 1. The molecule has 0 fully saturated rings. The maximum Gasteiger partial charge on any atom is 0.257 e. The van der Waals surface area contributed by atoms with Crippen molar-refractivity contribution in [1.82, 2.24) is 4.98 Å². The molecule has 2 rings (SSSR count). The zero-order valence-corrected chi connectivity index (χ0v) is 15.1. The summed E-state index contributed by atoms with van der Waals surface area (Å²) >= 11 is 3.42. The second-order valence-corrected chi connectivity index (χ2v) is 6.40. The standard InChI is InChI=1S/C18H22BrN3O/c1-3-4-5-10-20-17-9-6-14(12-21-17)18(23)22-16-8-7-15(19)11-13(16)2/h6-9,11-12H,3-5,10H2,1-2H3,(H,20,21)(H,22,23). The van der Waals surface area contributed by atoms with Gasteiger partial charge >= 0.3 is 0 Å². The molecule has 0 saturated carbocycles. The molecule has 0 aliphatic carbocycles. The normalized spacial score (nSPS) is 10.4. The molecule has 1 aromatic carbocycles. The lowest BCUT2D eigenvalue weighted by atomic mass is 10.2. The van der Waals surface area contributed by atoms with E-state index in [9.17, 15) is 4.79 Å². The maximum atomic E-state index is 12.3. The number of rotatable bonds is 7. The first kappa shape index (κ1) is 17.5. The van der Waals surface area contributed by atoms with Crippen molar-refractivity contribution in [1.29, 1.82) is 0 Å². The van der Waals surface area contributed by atoms with E-state index >= 15 is 0 Å². The Morgan fingerprint density at radius 3 is 2.70 bits per heavy atom. The van der Waals surface area contributed by atoms with Gasteiger partial charge in [-0.2, -0.15) is 0 Å². The number of anilines is 2. The zero-order chi connectivity index (χ0) is 16.7. The van der Waals surface area contributed by atoms with Crippen LogP contribution in [0.5, 0.6) is 0 Å². The van der Waals surface area contributed by atoms with Crippen LogP contribution in [0.15, 0.2) is 41.0 Å². The van der Waals surface area contributed by atoms with Gasteiger partial charge in [-0.3, -0.25) is 4.79 Å². The Hall–Kier alpha value is -1.88. The van der Waals surface area contributed by atoms with E-state index in [2.05, 4.69) is 38.5 Å². The summed E-state index contributed by atoms with van der Waals surface area (Å²) in [6.45, 7) is 5.05. The minimum absolute atomic E-state index is 0.152. The zero-order valence-electron chi connectivity index (χ0n) is 13.5. The molecule has 5 heteroatoms. The van der Waals surface area contributed by atoms with Crippen LogP contribution in [-0.2, 0) is 0 Å².